The molecule has 3 N–H and O–H groups in total. The minimum absolute atomic E-state index is 0.0287. The molecule has 0 bridgehead atoms. The molecular formula is C12H12F2N4O. The number of nitrogens with one attached hydrogen (secondary N) is 1. The van der Waals surface area contributed by atoms with Gasteiger partial charge in [-0.2, -0.15) is 5.10 Å². The lowest BCUT2D eigenvalue weighted by atomic mass is 10.2. The summed E-state index contributed by atoms with van der Waals surface area (Å²) >= 11 is 0. The number of nitrogens with zero attached hydrogens (tertiary/aromatic N) is 2. The smallest absolute Gasteiger partial charge is 0.327 e. The molecule has 0 radical (unpaired) electrons. The molecule has 5 nitrogen and oxygen atoms in total. The van der Waals surface area contributed by atoms with Crippen molar-refractivity contribution in [2.24, 2.45) is 5.73 Å². The maximum atomic E-state index is 12.9. The monoisotopic (exact) mass is 266 g/mol. The molecule has 0 spiro atoms. The van der Waals surface area contributed by atoms with Gasteiger partial charge in [0.05, 0.1) is 12.0 Å². The topological polar surface area (TPSA) is 76.7 Å². The van der Waals surface area contributed by atoms with E-state index in [2.05, 4.69) is 10.2 Å². The molecule has 0 amide bonds. The summed E-state index contributed by atoms with van der Waals surface area (Å²) in [6, 6.07) is 5.34. The van der Waals surface area contributed by atoms with Gasteiger partial charge in [-0.05, 0) is 29.8 Å². The summed E-state index contributed by atoms with van der Waals surface area (Å²) in [5.74, 6) is -0.0981. The van der Waals surface area contributed by atoms with Gasteiger partial charge in [-0.3, -0.25) is 0 Å². The number of halogens is 2. The van der Waals surface area contributed by atoms with Crippen LogP contribution in [0.1, 0.15) is 5.82 Å². The van der Waals surface area contributed by atoms with E-state index in [1.165, 1.54) is 28.8 Å². The minimum atomic E-state index is -0.475. The second kappa shape index (κ2) is 5.57. The van der Waals surface area contributed by atoms with Gasteiger partial charge < -0.3 is 5.73 Å². The summed E-state index contributed by atoms with van der Waals surface area (Å²) in [7, 11) is 0. The third-order valence-corrected chi connectivity index (χ3v) is 2.63. The van der Waals surface area contributed by atoms with Crippen molar-refractivity contribution in [3.8, 4) is 5.69 Å². The van der Waals surface area contributed by atoms with Crippen molar-refractivity contribution in [2.45, 2.75) is 6.42 Å². The molecule has 2 rings (SSSR count). The molecule has 1 aromatic carbocycles. The Balaban J connectivity index is 2.43. The first-order chi connectivity index (χ1) is 9.15. The number of aromatic amines is 1. The van der Waals surface area contributed by atoms with Gasteiger partial charge >= 0.3 is 5.69 Å². The molecule has 1 aromatic heterocycles. The van der Waals surface area contributed by atoms with Gasteiger partial charge in [-0.25, -0.2) is 23.2 Å². The van der Waals surface area contributed by atoms with Crippen LogP contribution in [0.25, 0.3) is 5.69 Å². The number of benzene rings is 1. The van der Waals surface area contributed by atoms with Crippen LogP contribution in [0.3, 0.4) is 0 Å². The Morgan fingerprint density at radius 1 is 1.42 bits per heavy atom. The van der Waals surface area contributed by atoms with Crippen LogP contribution in [0.4, 0.5) is 8.78 Å². The fraction of sp³-hybridized carbons (Fsp3) is 0.167. The van der Waals surface area contributed by atoms with Gasteiger partial charge in [0.2, 0.25) is 0 Å². The van der Waals surface area contributed by atoms with Crippen LogP contribution in [0.15, 0.2) is 41.0 Å². The first kappa shape index (κ1) is 13.2. The Kier molecular flexibility index (Phi) is 3.86. The lowest BCUT2D eigenvalue weighted by Gasteiger charge is -2.06. The Hall–Kier alpha value is -2.28. The lowest BCUT2D eigenvalue weighted by Crippen LogP contribution is -2.18. The molecule has 0 aliphatic rings. The van der Waals surface area contributed by atoms with Crippen LogP contribution in [0.2, 0.25) is 0 Å². The first-order valence-corrected chi connectivity index (χ1v) is 5.56. The van der Waals surface area contributed by atoms with Crippen molar-refractivity contribution >= 4 is 0 Å². The Bertz CT molecular complexity index is 642. The highest BCUT2D eigenvalue weighted by atomic mass is 19.1. The molecule has 1 heterocycles. The highest BCUT2D eigenvalue weighted by Crippen LogP contribution is 2.11. The number of rotatable bonds is 4. The maximum absolute atomic E-state index is 12.9. The van der Waals surface area contributed by atoms with Crippen LogP contribution >= 0.6 is 0 Å². The van der Waals surface area contributed by atoms with E-state index in [1.807, 2.05) is 0 Å². The third kappa shape index (κ3) is 2.76. The minimum Gasteiger partial charge on any atom is -0.327 e. The van der Waals surface area contributed by atoms with Crippen LogP contribution in [-0.4, -0.2) is 21.3 Å². The van der Waals surface area contributed by atoms with Crippen molar-refractivity contribution < 1.29 is 8.78 Å². The number of hydrogen-bond acceptors (Lipinski definition) is 3. The van der Waals surface area contributed by atoms with Crippen molar-refractivity contribution in [2.75, 3.05) is 6.54 Å². The van der Waals surface area contributed by atoms with Crippen molar-refractivity contribution in [1.29, 1.82) is 0 Å². The SMILES string of the molecule is NC/C(=C\F)Cc1n[nH]c(=O)n1-c1ccc(F)cc1. The highest BCUT2D eigenvalue weighted by molar-refractivity contribution is 5.33. The van der Waals surface area contributed by atoms with E-state index in [1.54, 1.807) is 0 Å². The van der Waals surface area contributed by atoms with Gasteiger partial charge in [0.1, 0.15) is 11.6 Å². The van der Waals surface area contributed by atoms with E-state index >= 15 is 0 Å². The molecule has 2 aromatic rings. The summed E-state index contributed by atoms with van der Waals surface area (Å²) in [5, 5.41) is 6.10. The van der Waals surface area contributed by atoms with E-state index in [4.69, 9.17) is 5.73 Å². The number of hydrogen-bond donors (Lipinski definition) is 2. The zero-order valence-corrected chi connectivity index (χ0v) is 9.94. The molecule has 0 saturated heterocycles. The number of aromatic nitrogens is 3. The molecule has 19 heavy (non-hydrogen) atoms. The highest BCUT2D eigenvalue weighted by Gasteiger charge is 2.12. The molecule has 0 aliphatic heterocycles. The van der Waals surface area contributed by atoms with Crippen molar-refractivity contribution in [3.63, 3.8) is 0 Å². The molecular weight excluding hydrogens is 254 g/mol. The van der Waals surface area contributed by atoms with E-state index < -0.39 is 11.5 Å². The van der Waals surface area contributed by atoms with E-state index in [0.29, 0.717) is 23.4 Å². The van der Waals surface area contributed by atoms with Crippen LogP contribution in [-0.2, 0) is 6.42 Å². The molecule has 0 atom stereocenters. The maximum Gasteiger partial charge on any atom is 0.347 e. The van der Waals surface area contributed by atoms with Gasteiger partial charge in [-0.1, -0.05) is 0 Å². The average Bonchev–Trinajstić information content (AvgIpc) is 2.78. The fourth-order valence-electron chi connectivity index (χ4n) is 1.66. The predicted octanol–water partition coefficient (Wildman–Crippen LogP) is 1.05. The quantitative estimate of drug-likeness (QED) is 0.868. The number of nitrogens with two attached hydrogens (primary N) is 1. The number of H-pyrrole nitrogens is 1. The molecule has 0 aliphatic carbocycles. The molecule has 100 valence electrons. The summed E-state index contributed by atoms with van der Waals surface area (Å²) in [6.07, 6.45) is 0.497. The lowest BCUT2D eigenvalue weighted by molar-refractivity contribution is 0.627. The van der Waals surface area contributed by atoms with Gasteiger partial charge in [-0.15, -0.1) is 0 Å². The van der Waals surface area contributed by atoms with Crippen LogP contribution in [0, 0.1) is 5.82 Å². The second-order valence-electron chi connectivity index (χ2n) is 3.91. The van der Waals surface area contributed by atoms with Crippen molar-refractivity contribution in [1.82, 2.24) is 14.8 Å². The Morgan fingerprint density at radius 3 is 2.68 bits per heavy atom. The molecule has 0 unspecified atom stereocenters. The summed E-state index contributed by atoms with van der Waals surface area (Å²) < 4.78 is 26.6. The van der Waals surface area contributed by atoms with E-state index in [-0.39, 0.29) is 13.0 Å². The Labute approximate surface area is 107 Å². The summed E-state index contributed by atoms with van der Waals surface area (Å²) in [5.41, 5.74) is 5.65. The van der Waals surface area contributed by atoms with Crippen molar-refractivity contribution in [3.05, 3.63) is 58.3 Å². The largest absolute Gasteiger partial charge is 0.347 e. The standard InChI is InChI=1S/C12H12F2N4O/c13-6-8(7-15)5-11-16-17-12(19)18(11)10-3-1-9(14)2-4-10/h1-4,6H,5,7,15H2,(H,17,19)/b8-6-. The van der Waals surface area contributed by atoms with E-state index in [0.717, 1.165) is 0 Å². The van der Waals surface area contributed by atoms with Gasteiger partial charge in [0.25, 0.3) is 0 Å². The molecule has 0 saturated carbocycles. The van der Waals surface area contributed by atoms with E-state index in [9.17, 15) is 13.6 Å². The zero-order chi connectivity index (χ0) is 13.8. The Morgan fingerprint density at radius 2 is 2.11 bits per heavy atom. The summed E-state index contributed by atoms with van der Waals surface area (Å²) in [4.78, 5) is 11.7. The molecule has 0 fully saturated rings. The normalized spacial score (nSPS) is 11.8. The third-order valence-electron chi connectivity index (χ3n) is 2.63. The predicted molar refractivity (Wildman–Crippen MR) is 66.1 cm³/mol. The van der Waals surface area contributed by atoms with Crippen LogP contribution < -0.4 is 11.4 Å². The zero-order valence-electron chi connectivity index (χ0n) is 9.94. The second-order valence-corrected chi connectivity index (χ2v) is 3.91. The van der Waals surface area contributed by atoms with Crippen LogP contribution in [0.5, 0.6) is 0 Å². The molecule has 7 heteroatoms. The first-order valence-electron chi connectivity index (χ1n) is 5.56. The van der Waals surface area contributed by atoms with Gasteiger partial charge in [0.15, 0.2) is 0 Å². The fourth-order valence-corrected chi connectivity index (χ4v) is 1.66. The average molecular weight is 266 g/mol. The summed E-state index contributed by atoms with van der Waals surface area (Å²) in [6.45, 7) is 0.0287. The van der Waals surface area contributed by atoms with Gasteiger partial charge in [0, 0.05) is 13.0 Å².